The average Bonchev–Trinajstić information content (AvgIpc) is 3.12. The third-order valence-electron chi connectivity index (χ3n) is 9.47. The first-order valence-electron chi connectivity index (χ1n) is 21.0. The van der Waals surface area contributed by atoms with Crippen LogP contribution in [0.1, 0.15) is 194 Å². The van der Waals surface area contributed by atoms with E-state index in [9.17, 15) is 25.2 Å². The van der Waals surface area contributed by atoms with Gasteiger partial charge < -0.3 is 25.7 Å². The molecule has 292 valence electrons. The Bertz CT molecular complexity index is 838. The van der Waals surface area contributed by atoms with Crippen LogP contribution in [0.25, 0.3) is 0 Å². The lowest BCUT2D eigenvalue weighted by molar-refractivity contribution is -0.132. The van der Waals surface area contributed by atoms with Crippen LogP contribution in [-0.2, 0) is 4.79 Å². The molecule has 0 rings (SSSR count). The number of nitrogens with one attached hydrogen (secondary N) is 1. The molecule has 0 bridgehead atoms. The van der Waals surface area contributed by atoms with E-state index in [2.05, 4.69) is 67.8 Å². The van der Waals surface area contributed by atoms with Gasteiger partial charge in [-0.25, -0.2) is 0 Å². The third kappa shape index (κ3) is 32.2. The maximum Gasteiger partial charge on any atom is 0.249 e. The smallest absolute Gasteiger partial charge is 0.249 e. The van der Waals surface area contributed by atoms with Crippen LogP contribution in [-0.4, -0.2) is 57.3 Å². The topological polar surface area (TPSA) is 110 Å². The minimum Gasteiger partial charge on any atom is -0.394 e. The molecule has 50 heavy (non-hydrogen) atoms. The van der Waals surface area contributed by atoms with E-state index in [1.54, 1.807) is 0 Å². The Hall–Kier alpha value is -1.73. The lowest BCUT2D eigenvalue weighted by atomic mass is 10.00. The summed E-state index contributed by atoms with van der Waals surface area (Å²) in [5.41, 5.74) is 0. The number of hydrogen-bond donors (Lipinski definition) is 5. The first-order valence-corrected chi connectivity index (χ1v) is 21.0. The summed E-state index contributed by atoms with van der Waals surface area (Å²) in [6.45, 7) is 3.96. The van der Waals surface area contributed by atoms with Gasteiger partial charge in [0.2, 0.25) is 5.91 Å². The quantitative estimate of drug-likeness (QED) is 0.0327. The van der Waals surface area contributed by atoms with Crippen molar-refractivity contribution < 1.29 is 25.2 Å². The van der Waals surface area contributed by atoms with Gasteiger partial charge in [-0.1, -0.05) is 159 Å². The summed E-state index contributed by atoms with van der Waals surface area (Å²) in [7, 11) is 0. The van der Waals surface area contributed by atoms with Crippen molar-refractivity contribution in [3.8, 4) is 0 Å². The number of aliphatic hydroxyl groups excluding tert-OH is 4. The van der Waals surface area contributed by atoms with E-state index in [1.165, 1.54) is 89.9 Å². The van der Waals surface area contributed by atoms with Crippen LogP contribution >= 0.6 is 0 Å². The molecular weight excluding hydrogens is 622 g/mol. The molecule has 0 radical (unpaired) electrons. The van der Waals surface area contributed by atoms with E-state index in [1.807, 2.05) is 0 Å². The lowest BCUT2D eigenvalue weighted by Gasteiger charge is -2.27. The molecule has 5 N–H and O–H groups in total. The standard InChI is InChI=1S/C44H81NO5/c1-3-5-7-9-11-13-15-16-17-18-19-20-21-22-23-24-25-26-27-28-30-31-33-35-37-41(47)43(49)40(39-46)45-44(50)42(48)38-36-34-32-29-14-12-10-8-6-4-2/h10,12,21-22,25-26,30-31,40-43,46-49H,3-9,11,13-20,23-24,27-29,32-39H2,1-2H3,(H,45,50)/b12-10-,22-21+,26-25+,31-30+. The minimum absolute atomic E-state index is 0.341. The van der Waals surface area contributed by atoms with Gasteiger partial charge in [-0.2, -0.15) is 0 Å². The molecule has 6 nitrogen and oxygen atoms in total. The van der Waals surface area contributed by atoms with Crippen molar-refractivity contribution in [2.24, 2.45) is 0 Å². The molecule has 0 saturated carbocycles. The number of unbranched alkanes of at least 4 members (excludes halogenated alkanes) is 20. The zero-order chi connectivity index (χ0) is 36.8. The van der Waals surface area contributed by atoms with Crippen molar-refractivity contribution in [1.29, 1.82) is 0 Å². The fourth-order valence-electron chi connectivity index (χ4n) is 6.06. The first kappa shape index (κ1) is 48.3. The highest BCUT2D eigenvalue weighted by molar-refractivity contribution is 5.80. The molecule has 4 atom stereocenters. The van der Waals surface area contributed by atoms with Gasteiger partial charge in [0.15, 0.2) is 0 Å². The number of hydrogen-bond acceptors (Lipinski definition) is 5. The molecule has 0 spiro atoms. The summed E-state index contributed by atoms with van der Waals surface area (Å²) >= 11 is 0. The second-order valence-electron chi connectivity index (χ2n) is 14.3. The molecular formula is C44H81NO5. The van der Waals surface area contributed by atoms with Crippen molar-refractivity contribution in [3.63, 3.8) is 0 Å². The van der Waals surface area contributed by atoms with Gasteiger partial charge >= 0.3 is 0 Å². The van der Waals surface area contributed by atoms with Gasteiger partial charge in [0.05, 0.1) is 18.8 Å². The summed E-state index contributed by atoms with van der Waals surface area (Å²) in [4.78, 5) is 12.4. The third-order valence-corrected chi connectivity index (χ3v) is 9.47. The molecule has 0 aromatic carbocycles. The molecule has 0 aliphatic heterocycles. The fraction of sp³-hybridized carbons (Fsp3) is 0.795. The summed E-state index contributed by atoms with van der Waals surface area (Å²) < 4.78 is 0. The minimum atomic E-state index is -1.30. The Balaban J connectivity index is 3.82. The van der Waals surface area contributed by atoms with Crippen LogP contribution in [0.3, 0.4) is 0 Å². The highest BCUT2D eigenvalue weighted by Crippen LogP contribution is 2.14. The van der Waals surface area contributed by atoms with Gasteiger partial charge in [0.1, 0.15) is 12.2 Å². The van der Waals surface area contributed by atoms with Crippen molar-refractivity contribution in [1.82, 2.24) is 5.32 Å². The number of aliphatic hydroxyl groups is 4. The number of amides is 1. The van der Waals surface area contributed by atoms with E-state index >= 15 is 0 Å². The van der Waals surface area contributed by atoms with Gasteiger partial charge in [-0.15, -0.1) is 0 Å². The Kier molecular flexibility index (Phi) is 37.2. The SMILES string of the molecule is CCCC/C=C\CCCCCCC(O)C(=O)NC(CO)C(O)C(O)CCC/C=C/CC/C=C/CC/C=C/CCCCCCCCCCCCC. The van der Waals surface area contributed by atoms with Crippen molar-refractivity contribution in [2.45, 2.75) is 218 Å². The highest BCUT2D eigenvalue weighted by Gasteiger charge is 2.28. The predicted molar refractivity (Wildman–Crippen MR) is 214 cm³/mol. The Morgan fingerprint density at radius 3 is 1.32 bits per heavy atom. The monoisotopic (exact) mass is 704 g/mol. The second-order valence-corrected chi connectivity index (χ2v) is 14.3. The average molecular weight is 704 g/mol. The molecule has 0 saturated heterocycles. The van der Waals surface area contributed by atoms with Gasteiger partial charge in [-0.05, 0) is 83.5 Å². The van der Waals surface area contributed by atoms with Crippen molar-refractivity contribution in [2.75, 3.05) is 6.61 Å². The largest absolute Gasteiger partial charge is 0.394 e. The number of carbonyl (C=O) groups excluding carboxylic acids is 1. The molecule has 0 aromatic heterocycles. The summed E-state index contributed by atoms with van der Waals surface area (Å²) in [6.07, 6.45) is 45.8. The van der Waals surface area contributed by atoms with Crippen LogP contribution in [0, 0.1) is 0 Å². The molecule has 4 unspecified atom stereocenters. The molecule has 0 aliphatic carbocycles. The second kappa shape index (κ2) is 38.5. The van der Waals surface area contributed by atoms with Crippen LogP contribution in [0.2, 0.25) is 0 Å². The van der Waals surface area contributed by atoms with Crippen molar-refractivity contribution >= 4 is 5.91 Å². The molecule has 6 heteroatoms. The number of allylic oxidation sites excluding steroid dienone is 8. The zero-order valence-corrected chi connectivity index (χ0v) is 32.6. The van der Waals surface area contributed by atoms with E-state index in [0.717, 1.165) is 70.6 Å². The van der Waals surface area contributed by atoms with Crippen LogP contribution in [0.15, 0.2) is 48.6 Å². The maximum atomic E-state index is 12.4. The van der Waals surface area contributed by atoms with E-state index in [4.69, 9.17) is 0 Å². The molecule has 1 amide bonds. The summed E-state index contributed by atoms with van der Waals surface area (Å²) in [6, 6.07) is -1.01. The Morgan fingerprint density at radius 2 is 0.860 bits per heavy atom. The van der Waals surface area contributed by atoms with E-state index in [0.29, 0.717) is 19.3 Å². The molecule has 0 heterocycles. The zero-order valence-electron chi connectivity index (χ0n) is 32.6. The summed E-state index contributed by atoms with van der Waals surface area (Å²) in [5, 5.41) is 43.4. The highest BCUT2D eigenvalue weighted by atomic mass is 16.3. The molecule has 0 aliphatic rings. The number of rotatable bonds is 37. The van der Waals surface area contributed by atoms with Gasteiger partial charge in [0, 0.05) is 0 Å². The van der Waals surface area contributed by atoms with E-state index < -0.39 is 36.9 Å². The molecule has 0 aromatic rings. The Morgan fingerprint density at radius 1 is 0.480 bits per heavy atom. The maximum absolute atomic E-state index is 12.4. The van der Waals surface area contributed by atoms with E-state index in [-0.39, 0.29) is 0 Å². The number of carbonyl (C=O) groups is 1. The normalized spacial score (nSPS) is 14.8. The van der Waals surface area contributed by atoms with Crippen LogP contribution < -0.4 is 5.32 Å². The van der Waals surface area contributed by atoms with Crippen LogP contribution in [0.4, 0.5) is 0 Å². The predicted octanol–water partition coefficient (Wildman–Crippen LogP) is 10.7. The Labute approximate surface area is 309 Å². The van der Waals surface area contributed by atoms with Gasteiger partial charge in [-0.3, -0.25) is 4.79 Å². The van der Waals surface area contributed by atoms with Crippen LogP contribution in [0.5, 0.6) is 0 Å². The molecule has 0 fully saturated rings. The first-order chi connectivity index (χ1) is 24.5. The lowest BCUT2D eigenvalue weighted by Crippen LogP contribution is -2.53. The van der Waals surface area contributed by atoms with Gasteiger partial charge in [0.25, 0.3) is 0 Å². The fourth-order valence-corrected chi connectivity index (χ4v) is 6.06. The summed E-state index contributed by atoms with van der Waals surface area (Å²) in [5.74, 6) is -0.614. The van der Waals surface area contributed by atoms with Crippen molar-refractivity contribution in [3.05, 3.63) is 48.6 Å².